The van der Waals surface area contributed by atoms with Crippen molar-refractivity contribution in [3.63, 3.8) is 0 Å². The highest BCUT2D eigenvalue weighted by atomic mass is 32.1. The van der Waals surface area contributed by atoms with Gasteiger partial charge in [0.2, 0.25) is 5.91 Å². The number of carbonyl (C=O) groups is 2. The lowest BCUT2D eigenvalue weighted by atomic mass is 9.89. The molecule has 1 aliphatic carbocycles. The summed E-state index contributed by atoms with van der Waals surface area (Å²) in [5, 5.41) is 12.2. The minimum Gasteiger partial charge on any atom is -0.477 e. The molecule has 5 heteroatoms. The maximum Gasteiger partial charge on any atom is 0.348 e. The molecule has 0 fully saturated rings. The molecule has 1 atom stereocenters. The van der Waals surface area contributed by atoms with Gasteiger partial charge >= 0.3 is 5.97 Å². The Bertz CT molecular complexity index is 741. The second kappa shape index (κ2) is 7.23. The highest BCUT2D eigenvalue weighted by Gasteiger charge is 2.23. The SMILES string of the molecule is CC1=CCC(C(=O)Nc2cc(C#CC(C)(C)C)sc2C(=O)O)CC1. The predicted molar refractivity (Wildman–Crippen MR) is 97.3 cm³/mol. The van der Waals surface area contributed by atoms with Crippen LogP contribution in [0.15, 0.2) is 17.7 Å². The van der Waals surface area contributed by atoms with E-state index in [2.05, 4.69) is 30.2 Å². The van der Waals surface area contributed by atoms with Crippen LogP contribution in [0, 0.1) is 23.2 Å². The summed E-state index contributed by atoms with van der Waals surface area (Å²) in [6, 6.07) is 1.66. The van der Waals surface area contributed by atoms with Gasteiger partial charge in [-0.15, -0.1) is 11.3 Å². The molecule has 0 spiro atoms. The first-order valence-electron chi connectivity index (χ1n) is 8.02. The normalized spacial score (nSPS) is 17.5. The lowest BCUT2D eigenvalue weighted by Crippen LogP contribution is -2.24. The fraction of sp³-hybridized carbons (Fsp3) is 0.474. The molecule has 1 amide bonds. The third kappa shape index (κ3) is 4.97. The Kier molecular flexibility index (Phi) is 5.51. The van der Waals surface area contributed by atoms with Crippen molar-refractivity contribution >= 4 is 28.9 Å². The number of thiophene rings is 1. The van der Waals surface area contributed by atoms with E-state index in [0.717, 1.165) is 24.2 Å². The number of nitrogens with one attached hydrogen (secondary N) is 1. The molecule has 0 saturated carbocycles. The first kappa shape index (κ1) is 18.3. The van der Waals surface area contributed by atoms with Crippen LogP contribution in [-0.2, 0) is 4.79 Å². The molecule has 1 aromatic rings. The van der Waals surface area contributed by atoms with Crippen molar-refractivity contribution in [3.05, 3.63) is 27.5 Å². The van der Waals surface area contributed by atoms with Gasteiger partial charge in [-0.25, -0.2) is 4.79 Å². The van der Waals surface area contributed by atoms with Crippen LogP contribution in [0.4, 0.5) is 5.69 Å². The van der Waals surface area contributed by atoms with Crippen LogP contribution in [0.5, 0.6) is 0 Å². The zero-order valence-electron chi connectivity index (χ0n) is 14.5. The van der Waals surface area contributed by atoms with E-state index in [1.807, 2.05) is 20.8 Å². The Labute approximate surface area is 147 Å². The van der Waals surface area contributed by atoms with E-state index in [4.69, 9.17) is 0 Å². The lowest BCUT2D eigenvalue weighted by molar-refractivity contribution is -0.120. The highest BCUT2D eigenvalue weighted by Crippen LogP contribution is 2.30. The number of hydrogen-bond donors (Lipinski definition) is 2. The zero-order valence-corrected chi connectivity index (χ0v) is 15.3. The number of carboxylic acid groups (broad SMARTS) is 1. The maximum atomic E-state index is 12.4. The second-order valence-corrected chi connectivity index (χ2v) is 8.22. The van der Waals surface area contributed by atoms with Crippen LogP contribution in [0.3, 0.4) is 0 Å². The smallest absolute Gasteiger partial charge is 0.348 e. The summed E-state index contributed by atoms with van der Waals surface area (Å²) < 4.78 is 0. The van der Waals surface area contributed by atoms with Gasteiger partial charge in [-0.3, -0.25) is 4.79 Å². The number of allylic oxidation sites excluding steroid dienone is 2. The maximum absolute atomic E-state index is 12.4. The Morgan fingerprint density at radius 3 is 2.62 bits per heavy atom. The van der Waals surface area contributed by atoms with Crippen LogP contribution < -0.4 is 5.32 Å². The van der Waals surface area contributed by atoms with E-state index in [-0.39, 0.29) is 22.1 Å². The fourth-order valence-electron chi connectivity index (χ4n) is 2.39. The Morgan fingerprint density at radius 1 is 1.38 bits per heavy atom. The van der Waals surface area contributed by atoms with Crippen LogP contribution in [0.1, 0.15) is 61.5 Å². The number of carbonyl (C=O) groups excluding carboxylic acids is 1. The van der Waals surface area contributed by atoms with Gasteiger partial charge in [-0.1, -0.05) is 23.5 Å². The van der Waals surface area contributed by atoms with Crippen LogP contribution in [0.25, 0.3) is 0 Å². The number of anilines is 1. The van der Waals surface area contributed by atoms with Crippen molar-refractivity contribution in [1.82, 2.24) is 0 Å². The molecule has 24 heavy (non-hydrogen) atoms. The summed E-state index contributed by atoms with van der Waals surface area (Å²) >= 11 is 1.10. The summed E-state index contributed by atoms with van der Waals surface area (Å²) in [7, 11) is 0. The van der Waals surface area contributed by atoms with Gasteiger partial charge < -0.3 is 10.4 Å². The molecule has 0 saturated heterocycles. The summed E-state index contributed by atoms with van der Waals surface area (Å²) in [5.41, 5.74) is 1.49. The molecule has 128 valence electrons. The molecule has 1 aromatic heterocycles. The van der Waals surface area contributed by atoms with E-state index in [1.165, 1.54) is 5.57 Å². The van der Waals surface area contributed by atoms with Gasteiger partial charge in [0.25, 0.3) is 0 Å². The molecule has 1 heterocycles. The minimum absolute atomic E-state index is 0.0978. The lowest BCUT2D eigenvalue weighted by Gasteiger charge is -2.19. The van der Waals surface area contributed by atoms with E-state index >= 15 is 0 Å². The molecule has 2 rings (SSSR count). The van der Waals surface area contributed by atoms with Gasteiger partial charge in [0, 0.05) is 11.3 Å². The first-order chi connectivity index (χ1) is 11.2. The standard InChI is InChI=1S/C19H23NO3S/c1-12-5-7-13(8-6-12)17(21)20-15-11-14(9-10-19(2,3)4)24-16(15)18(22)23/h5,11,13H,6-8H2,1-4H3,(H,20,21)(H,22,23). The summed E-state index contributed by atoms with van der Waals surface area (Å²) in [5.74, 6) is 4.83. The zero-order chi connectivity index (χ0) is 17.9. The van der Waals surface area contributed by atoms with Gasteiger partial charge in [-0.05, 0) is 53.0 Å². The number of hydrogen-bond acceptors (Lipinski definition) is 3. The topological polar surface area (TPSA) is 66.4 Å². The van der Waals surface area contributed by atoms with Crippen molar-refractivity contribution in [2.75, 3.05) is 5.32 Å². The Morgan fingerprint density at radius 2 is 2.08 bits per heavy atom. The molecular formula is C19H23NO3S. The minimum atomic E-state index is -1.04. The number of rotatable bonds is 3. The molecule has 0 aliphatic heterocycles. The Hall–Kier alpha value is -2.06. The fourth-order valence-corrected chi connectivity index (χ4v) is 3.20. The van der Waals surface area contributed by atoms with Gasteiger partial charge in [-0.2, -0.15) is 0 Å². The number of carboxylic acids is 1. The highest BCUT2D eigenvalue weighted by molar-refractivity contribution is 7.15. The summed E-state index contributed by atoms with van der Waals surface area (Å²) in [6.45, 7) is 8.04. The molecule has 2 N–H and O–H groups in total. The van der Waals surface area contributed by atoms with Gasteiger partial charge in [0.05, 0.1) is 10.6 Å². The molecule has 0 aromatic carbocycles. The van der Waals surface area contributed by atoms with E-state index in [9.17, 15) is 14.7 Å². The van der Waals surface area contributed by atoms with Crippen LogP contribution in [0.2, 0.25) is 0 Å². The Balaban J connectivity index is 2.19. The monoisotopic (exact) mass is 345 g/mol. The average molecular weight is 345 g/mol. The number of amides is 1. The third-order valence-corrected chi connectivity index (χ3v) is 4.79. The largest absolute Gasteiger partial charge is 0.477 e. The average Bonchev–Trinajstić information content (AvgIpc) is 2.88. The van der Waals surface area contributed by atoms with E-state index < -0.39 is 5.97 Å². The van der Waals surface area contributed by atoms with Gasteiger partial charge in [0.1, 0.15) is 4.88 Å². The van der Waals surface area contributed by atoms with Crippen molar-refractivity contribution in [2.24, 2.45) is 11.3 Å². The van der Waals surface area contributed by atoms with Crippen molar-refractivity contribution in [3.8, 4) is 11.8 Å². The molecular weight excluding hydrogens is 322 g/mol. The number of aromatic carboxylic acids is 1. The molecule has 1 unspecified atom stereocenters. The van der Waals surface area contributed by atoms with E-state index in [0.29, 0.717) is 17.0 Å². The van der Waals surface area contributed by atoms with Crippen molar-refractivity contribution in [1.29, 1.82) is 0 Å². The molecule has 1 aliphatic rings. The predicted octanol–water partition coefficient (Wildman–Crippen LogP) is 4.53. The molecule has 0 radical (unpaired) electrons. The first-order valence-corrected chi connectivity index (χ1v) is 8.84. The van der Waals surface area contributed by atoms with Crippen LogP contribution >= 0.6 is 11.3 Å². The molecule has 0 bridgehead atoms. The second-order valence-electron chi connectivity index (χ2n) is 7.17. The third-order valence-electron chi connectivity index (χ3n) is 3.75. The molecule has 4 nitrogen and oxygen atoms in total. The van der Waals surface area contributed by atoms with Crippen molar-refractivity contribution < 1.29 is 14.7 Å². The van der Waals surface area contributed by atoms with E-state index in [1.54, 1.807) is 6.07 Å². The summed E-state index contributed by atoms with van der Waals surface area (Å²) in [4.78, 5) is 24.6. The van der Waals surface area contributed by atoms with Crippen molar-refractivity contribution in [2.45, 2.75) is 47.0 Å². The van der Waals surface area contributed by atoms with Gasteiger partial charge in [0.15, 0.2) is 0 Å². The quantitative estimate of drug-likeness (QED) is 0.625. The van der Waals surface area contributed by atoms with Crippen LogP contribution in [-0.4, -0.2) is 17.0 Å². The summed E-state index contributed by atoms with van der Waals surface area (Å²) in [6.07, 6.45) is 4.51.